The lowest BCUT2D eigenvalue weighted by molar-refractivity contribution is -0.214. The van der Waals surface area contributed by atoms with E-state index in [0.717, 1.165) is 0 Å². The molecule has 0 bridgehead atoms. The molecule has 0 fully saturated rings. The Morgan fingerprint density at radius 1 is 1.03 bits per heavy atom. The highest BCUT2D eigenvalue weighted by Crippen LogP contribution is 2.11. The van der Waals surface area contributed by atoms with E-state index >= 15 is 0 Å². The monoisotopic (exact) mass is 424 g/mol. The Bertz CT molecular complexity index is 451. The summed E-state index contributed by atoms with van der Waals surface area (Å²) in [6.07, 6.45) is -1.84. The average molecular weight is 424 g/mol. The van der Waals surface area contributed by atoms with Crippen molar-refractivity contribution in [2.75, 3.05) is 40.1 Å². The number of nitrogens with one attached hydrogen (secondary N) is 2. The number of aliphatic hydroxyl groups excluding tert-OH is 4. The molecule has 0 heterocycles. The summed E-state index contributed by atoms with van der Waals surface area (Å²) >= 11 is 0. The van der Waals surface area contributed by atoms with E-state index < -0.39 is 49.7 Å². The maximum absolute atomic E-state index is 11.8. The van der Waals surface area contributed by atoms with Crippen molar-refractivity contribution in [3.05, 3.63) is 0 Å². The van der Waals surface area contributed by atoms with E-state index in [0.29, 0.717) is 12.8 Å². The molecule has 172 valence electrons. The van der Waals surface area contributed by atoms with Gasteiger partial charge in [0.25, 0.3) is 0 Å². The number of aliphatic hydroxyl groups is 4. The van der Waals surface area contributed by atoms with Crippen LogP contribution in [0.3, 0.4) is 0 Å². The molecule has 11 nitrogen and oxygen atoms in total. The van der Waals surface area contributed by atoms with Gasteiger partial charge in [0.05, 0.1) is 38.6 Å². The molecule has 2 amide bonds. The average Bonchev–Trinajstić information content (AvgIpc) is 2.67. The molecular formula is C18H36N2O9. The first-order valence-electron chi connectivity index (χ1n) is 9.62. The van der Waals surface area contributed by atoms with E-state index in [1.54, 1.807) is 0 Å². The van der Waals surface area contributed by atoms with Gasteiger partial charge in [0.1, 0.15) is 12.1 Å². The number of hydrogen-bond donors (Lipinski definition) is 6. The van der Waals surface area contributed by atoms with Gasteiger partial charge in [0.15, 0.2) is 6.29 Å². The number of carbonyl (C=O) groups excluding carboxylic acids is 2. The SMILES string of the molecule is COCC(CO)NC(=O)CCCCOC(OC(CO)[C@@H](C)O)[C@H](CO)NC(C)=O. The highest BCUT2D eigenvalue weighted by molar-refractivity contribution is 5.76. The summed E-state index contributed by atoms with van der Waals surface area (Å²) in [6, 6.07) is -1.34. The number of unbranched alkanes of at least 4 members (excludes halogenated alkanes) is 1. The molecule has 29 heavy (non-hydrogen) atoms. The molecule has 5 atom stereocenters. The minimum atomic E-state index is -1.09. The van der Waals surface area contributed by atoms with Gasteiger partial charge < -0.3 is 45.3 Å². The zero-order chi connectivity index (χ0) is 22.2. The minimum Gasteiger partial charge on any atom is -0.394 e. The summed E-state index contributed by atoms with van der Waals surface area (Å²) in [7, 11) is 1.48. The lowest BCUT2D eigenvalue weighted by Crippen LogP contribution is -2.50. The van der Waals surface area contributed by atoms with Gasteiger partial charge in [0.2, 0.25) is 11.8 Å². The third-order valence-corrected chi connectivity index (χ3v) is 3.97. The van der Waals surface area contributed by atoms with Crippen LogP contribution in [0.2, 0.25) is 0 Å². The summed E-state index contributed by atoms with van der Waals surface area (Å²) < 4.78 is 16.0. The highest BCUT2D eigenvalue weighted by Gasteiger charge is 2.28. The number of hydrogen-bond acceptors (Lipinski definition) is 9. The molecule has 0 saturated heterocycles. The Morgan fingerprint density at radius 2 is 1.72 bits per heavy atom. The molecule has 3 unspecified atom stereocenters. The lowest BCUT2D eigenvalue weighted by atomic mass is 10.2. The smallest absolute Gasteiger partial charge is 0.220 e. The van der Waals surface area contributed by atoms with Crippen molar-refractivity contribution in [3.63, 3.8) is 0 Å². The second-order valence-corrected chi connectivity index (χ2v) is 6.69. The number of carbonyl (C=O) groups is 2. The van der Waals surface area contributed by atoms with Crippen LogP contribution < -0.4 is 10.6 Å². The van der Waals surface area contributed by atoms with E-state index in [9.17, 15) is 24.9 Å². The Morgan fingerprint density at radius 3 is 2.21 bits per heavy atom. The van der Waals surface area contributed by atoms with E-state index in [2.05, 4.69) is 10.6 Å². The molecule has 11 heteroatoms. The Labute approximate surface area is 171 Å². The molecule has 0 radical (unpaired) electrons. The number of rotatable bonds is 17. The summed E-state index contributed by atoms with van der Waals surface area (Å²) in [5.41, 5.74) is 0. The normalized spacial score (nSPS) is 16.5. The number of amides is 2. The van der Waals surface area contributed by atoms with Gasteiger partial charge in [-0.25, -0.2) is 0 Å². The summed E-state index contributed by atoms with van der Waals surface area (Å²) in [5, 5.41) is 42.7. The van der Waals surface area contributed by atoms with Gasteiger partial charge in [-0.05, 0) is 19.8 Å². The van der Waals surface area contributed by atoms with Gasteiger partial charge in [-0.15, -0.1) is 0 Å². The van der Waals surface area contributed by atoms with Crippen molar-refractivity contribution >= 4 is 11.8 Å². The summed E-state index contributed by atoms with van der Waals surface area (Å²) in [6.45, 7) is 1.93. The molecule has 0 aromatic carbocycles. The zero-order valence-corrected chi connectivity index (χ0v) is 17.4. The first-order valence-corrected chi connectivity index (χ1v) is 9.62. The largest absolute Gasteiger partial charge is 0.394 e. The predicted molar refractivity (Wildman–Crippen MR) is 103 cm³/mol. The third-order valence-electron chi connectivity index (χ3n) is 3.97. The second kappa shape index (κ2) is 16.5. The van der Waals surface area contributed by atoms with Crippen LogP contribution >= 0.6 is 0 Å². The standard InChI is InChI=1S/C18H36N2O9/c1-12(24)16(10-23)29-18(15(9-22)19-13(2)25)28-7-5-4-6-17(26)20-14(8-21)11-27-3/h12,14-16,18,21-24H,4-11H2,1-3H3,(H,19,25)(H,20,26)/t12-,14?,15+,16?,18?/m1/s1. The van der Waals surface area contributed by atoms with Crippen LogP contribution in [0.25, 0.3) is 0 Å². The molecule has 0 saturated carbocycles. The fraction of sp³-hybridized carbons (Fsp3) is 0.889. The molecule has 0 rings (SSSR count). The topological polar surface area (TPSA) is 167 Å². The maximum atomic E-state index is 11.8. The van der Waals surface area contributed by atoms with E-state index in [1.807, 2.05) is 0 Å². The first-order chi connectivity index (χ1) is 13.8. The van der Waals surface area contributed by atoms with Crippen LogP contribution in [-0.4, -0.2) is 103 Å². The molecule has 0 aliphatic rings. The highest BCUT2D eigenvalue weighted by atomic mass is 16.7. The van der Waals surface area contributed by atoms with E-state index in [1.165, 1.54) is 21.0 Å². The minimum absolute atomic E-state index is 0.160. The maximum Gasteiger partial charge on any atom is 0.220 e. The summed E-state index contributed by atoms with van der Waals surface area (Å²) in [5.74, 6) is -0.625. The van der Waals surface area contributed by atoms with Crippen LogP contribution in [0.4, 0.5) is 0 Å². The third kappa shape index (κ3) is 12.7. The van der Waals surface area contributed by atoms with E-state index in [4.69, 9.17) is 19.3 Å². The van der Waals surface area contributed by atoms with Gasteiger partial charge >= 0.3 is 0 Å². The number of methoxy groups -OCH3 is 1. The van der Waals surface area contributed by atoms with Crippen LogP contribution in [0, 0.1) is 0 Å². The molecule has 6 N–H and O–H groups in total. The molecular weight excluding hydrogens is 388 g/mol. The Hall–Kier alpha value is -1.34. The Kier molecular flexibility index (Phi) is 15.7. The van der Waals surface area contributed by atoms with E-state index in [-0.39, 0.29) is 32.1 Å². The predicted octanol–water partition coefficient (Wildman–Crippen LogP) is -2.12. The zero-order valence-electron chi connectivity index (χ0n) is 17.4. The van der Waals surface area contributed by atoms with Crippen molar-refractivity contribution in [2.24, 2.45) is 0 Å². The number of ether oxygens (including phenoxy) is 3. The van der Waals surface area contributed by atoms with Gasteiger partial charge in [-0.2, -0.15) is 0 Å². The first kappa shape index (κ1) is 27.7. The van der Waals surface area contributed by atoms with Crippen molar-refractivity contribution in [1.82, 2.24) is 10.6 Å². The molecule has 0 aromatic heterocycles. The fourth-order valence-corrected chi connectivity index (χ4v) is 2.42. The molecule has 0 aliphatic carbocycles. The summed E-state index contributed by atoms with van der Waals surface area (Å²) in [4.78, 5) is 23.2. The quantitative estimate of drug-likeness (QED) is 0.113. The van der Waals surface area contributed by atoms with Gasteiger partial charge in [0, 0.05) is 27.1 Å². The molecule has 0 aromatic rings. The fourth-order valence-electron chi connectivity index (χ4n) is 2.42. The van der Waals surface area contributed by atoms with Crippen molar-refractivity contribution in [2.45, 2.75) is 63.7 Å². The van der Waals surface area contributed by atoms with Crippen LogP contribution in [0.15, 0.2) is 0 Å². The van der Waals surface area contributed by atoms with Crippen molar-refractivity contribution < 1.29 is 44.2 Å². The van der Waals surface area contributed by atoms with Crippen LogP contribution in [0.1, 0.15) is 33.1 Å². The van der Waals surface area contributed by atoms with Crippen molar-refractivity contribution in [1.29, 1.82) is 0 Å². The second-order valence-electron chi connectivity index (χ2n) is 6.69. The van der Waals surface area contributed by atoms with Crippen molar-refractivity contribution in [3.8, 4) is 0 Å². The molecule has 0 aliphatic heterocycles. The Balaban J connectivity index is 4.53. The van der Waals surface area contributed by atoms with Crippen LogP contribution in [-0.2, 0) is 23.8 Å². The molecule has 0 spiro atoms. The van der Waals surface area contributed by atoms with Crippen LogP contribution in [0.5, 0.6) is 0 Å². The lowest BCUT2D eigenvalue weighted by Gasteiger charge is -2.30. The van der Waals surface area contributed by atoms with Gasteiger partial charge in [-0.3, -0.25) is 9.59 Å². The van der Waals surface area contributed by atoms with Gasteiger partial charge in [-0.1, -0.05) is 0 Å².